The molecule has 8 nitrogen and oxygen atoms in total. The predicted octanol–water partition coefficient (Wildman–Crippen LogP) is 0.762. The van der Waals surface area contributed by atoms with Crippen molar-refractivity contribution in [2.75, 3.05) is 27.1 Å². The van der Waals surface area contributed by atoms with E-state index in [1.807, 2.05) is 0 Å². The van der Waals surface area contributed by atoms with Gasteiger partial charge in [0.1, 0.15) is 5.75 Å². The summed E-state index contributed by atoms with van der Waals surface area (Å²) in [5, 5.41) is 10.2. The Hall–Kier alpha value is -2.03. The van der Waals surface area contributed by atoms with Crippen LogP contribution in [0.15, 0.2) is 12.1 Å². The molecule has 4 atom stereocenters. The van der Waals surface area contributed by atoms with Crippen molar-refractivity contribution < 1.29 is 38.3 Å². The molecule has 4 rings (SSSR count). The summed E-state index contributed by atoms with van der Waals surface area (Å²) < 4.78 is 32.9. The zero-order valence-electron chi connectivity index (χ0n) is 13.3. The zero-order chi connectivity index (χ0) is 16.9. The molecule has 1 aromatic rings. The van der Waals surface area contributed by atoms with Crippen molar-refractivity contribution in [1.82, 2.24) is 0 Å². The molecule has 3 aliphatic heterocycles. The van der Waals surface area contributed by atoms with Crippen LogP contribution in [0.2, 0.25) is 0 Å². The van der Waals surface area contributed by atoms with Gasteiger partial charge in [-0.25, -0.2) is 0 Å². The number of carbonyl (C=O) groups is 1. The molecule has 0 radical (unpaired) electrons. The van der Waals surface area contributed by atoms with Crippen LogP contribution in [0.25, 0.3) is 0 Å². The van der Waals surface area contributed by atoms with Crippen molar-refractivity contribution in [2.45, 2.75) is 24.9 Å². The van der Waals surface area contributed by atoms with Gasteiger partial charge in [0.15, 0.2) is 23.4 Å². The summed E-state index contributed by atoms with van der Waals surface area (Å²) in [6, 6.07) is 3.53. The third-order valence-corrected chi connectivity index (χ3v) is 4.70. The van der Waals surface area contributed by atoms with E-state index in [4.69, 9.17) is 28.4 Å². The fourth-order valence-electron chi connectivity index (χ4n) is 3.59. The van der Waals surface area contributed by atoms with E-state index in [9.17, 15) is 9.90 Å². The van der Waals surface area contributed by atoms with E-state index >= 15 is 0 Å². The molecule has 1 aromatic carbocycles. The molecule has 0 bridgehead atoms. The van der Waals surface area contributed by atoms with E-state index < -0.39 is 24.0 Å². The molecule has 8 heteroatoms. The van der Waals surface area contributed by atoms with Gasteiger partial charge in [-0.3, -0.25) is 4.79 Å². The Labute approximate surface area is 138 Å². The molecule has 0 aromatic heterocycles. The van der Waals surface area contributed by atoms with Crippen LogP contribution in [0.4, 0.5) is 0 Å². The largest absolute Gasteiger partial charge is 0.496 e. The molecule has 0 aliphatic carbocycles. The van der Waals surface area contributed by atoms with Crippen molar-refractivity contribution in [3.63, 3.8) is 0 Å². The summed E-state index contributed by atoms with van der Waals surface area (Å²) in [4.78, 5) is 11.5. The average molecular weight is 338 g/mol. The van der Waals surface area contributed by atoms with E-state index in [0.29, 0.717) is 17.2 Å². The standard InChI is InChI=1S/C16H18O8/c1-8(17)24-16-6-21-14(10(16)5-20-15(16)18)9-3-12-13(23-7-22-12)4-11(9)19-2/h3-4,10,14-15,18H,5-7H2,1-2H3/t10-,14+,15-,16-/m1/s1. The molecule has 0 unspecified atom stereocenters. The minimum Gasteiger partial charge on any atom is -0.496 e. The van der Waals surface area contributed by atoms with Crippen LogP contribution in [0.3, 0.4) is 0 Å². The van der Waals surface area contributed by atoms with E-state index in [1.165, 1.54) is 6.92 Å². The number of benzene rings is 1. The summed E-state index contributed by atoms with van der Waals surface area (Å²) in [6.07, 6.45) is -1.69. The number of rotatable bonds is 3. The van der Waals surface area contributed by atoms with E-state index in [1.54, 1.807) is 19.2 Å². The number of aliphatic hydroxyl groups is 1. The van der Waals surface area contributed by atoms with Gasteiger partial charge in [0.25, 0.3) is 0 Å². The molecular weight excluding hydrogens is 320 g/mol. The highest BCUT2D eigenvalue weighted by Crippen LogP contribution is 2.52. The summed E-state index contributed by atoms with van der Waals surface area (Å²) >= 11 is 0. The minimum absolute atomic E-state index is 0.0423. The first-order valence-electron chi connectivity index (χ1n) is 7.63. The van der Waals surface area contributed by atoms with Gasteiger partial charge >= 0.3 is 5.97 Å². The Morgan fingerprint density at radius 3 is 2.75 bits per heavy atom. The van der Waals surface area contributed by atoms with Gasteiger partial charge in [0, 0.05) is 18.6 Å². The van der Waals surface area contributed by atoms with E-state index in [0.717, 1.165) is 5.56 Å². The third kappa shape index (κ3) is 2.14. The maximum atomic E-state index is 11.5. The Morgan fingerprint density at radius 2 is 2.04 bits per heavy atom. The molecule has 3 heterocycles. The van der Waals surface area contributed by atoms with Crippen LogP contribution in [0.5, 0.6) is 17.2 Å². The molecule has 24 heavy (non-hydrogen) atoms. The first kappa shape index (κ1) is 15.5. The highest BCUT2D eigenvalue weighted by atomic mass is 16.7. The number of hydrogen-bond acceptors (Lipinski definition) is 8. The molecule has 2 saturated heterocycles. The second-order valence-electron chi connectivity index (χ2n) is 6.02. The van der Waals surface area contributed by atoms with Crippen molar-refractivity contribution >= 4 is 5.97 Å². The monoisotopic (exact) mass is 338 g/mol. The third-order valence-electron chi connectivity index (χ3n) is 4.70. The molecule has 0 saturated carbocycles. The van der Waals surface area contributed by atoms with Crippen LogP contribution in [-0.2, 0) is 19.0 Å². The molecule has 2 fully saturated rings. The molecule has 1 N–H and O–H groups in total. The zero-order valence-corrected chi connectivity index (χ0v) is 13.3. The van der Waals surface area contributed by atoms with E-state index in [2.05, 4.69) is 0 Å². The maximum Gasteiger partial charge on any atom is 0.303 e. The lowest BCUT2D eigenvalue weighted by atomic mass is 9.85. The van der Waals surface area contributed by atoms with Gasteiger partial charge in [-0.05, 0) is 6.07 Å². The quantitative estimate of drug-likeness (QED) is 0.808. The lowest BCUT2D eigenvalue weighted by Crippen LogP contribution is -2.47. The van der Waals surface area contributed by atoms with Crippen LogP contribution < -0.4 is 14.2 Å². The van der Waals surface area contributed by atoms with Gasteiger partial charge in [0.05, 0.1) is 32.3 Å². The summed E-state index contributed by atoms with van der Waals surface area (Å²) in [6.45, 7) is 1.69. The number of ether oxygens (including phenoxy) is 6. The Balaban J connectivity index is 1.72. The Kier molecular flexibility index (Phi) is 3.56. The fraction of sp³-hybridized carbons (Fsp3) is 0.562. The summed E-state index contributed by atoms with van der Waals surface area (Å²) in [7, 11) is 1.55. The SMILES string of the molecule is COc1cc2c(cc1[C@@H]1OC[C@]3(OC(C)=O)[C@H](O)OC[C@H]13)OCO2. The van der Waals surface area contributed by atoms with E-state index in [-0.39, 0.29) is 25.9 Å². The number of esters is 1. The Morgan fingerprint density at radius 1 is 1.29 bits per heavy atom. The maximum absolute atomic E-state index is 11.5. The normalized spacial score (nSPS) is 33.4. The van der Waals surface area contributed by atoms with Crippen LogP contribution in [0, 0.1) is 5.92 Å². The number of carbonyl (C=O) groups excluding carboxylic acids is 1. The number of fused-ring (bicyclic) bond motifs is 2. The number of hydrogen-bond donors (Lipinski definition) is 1. The summed E-state index contributed by atoms with van der Waals surface area (Å²) in [5.74, 6) is 0.919. The van der Waals surface area contributed by atoms with Gasteiger partial charge in [-0.15, -0.1) is 0 Å². The topological polar surface area (TPSA) is 92.7 Å². The minimum atomic E-state index is -1.23. The number of aliphatic hydroxyl groups excluding tert-OH is 1. The Bertz CT molecular complexity index is 674. The van der Waals surface area contributed by atoms with Crippen LogP contribution >= 0.6 is 0 Å². The highest BCUT2D eigenvalue weighted by Gasteiger charge is 2.62. The predicted molar refractivity (Wildman–Crippen MR) is 77.8 cm³/mol. The van der Waals surface area contributed by atoms with Gasteiger partial charge < -0.3 is 33.5 Å². The first-order valence-corrected chi connectivity index (χ1v) is 7.63. The highest BCUT2D eigenvalue weighted by molar-refractivity contribution is 5.67. The smallest absolute Gasteiger partial charge is 0.303 e. The van der Waals surface area contributed by atoms with Crippen molar-refractivity contribution in [3.8, 4) is 17.2 Å². The first-order chi connectivity index (χ1) is 11.5. The number of methoxy groups -OCH3 is 1. The van der Waals surface area contributed by atoms with Crippen molar-refractivity contribution in [1.29, 1.82) is 0 Å². The fourth-order valence-corrected chi connectivity index (χ4v) is 3.59. The summed E-state index contributed by atoms with van der Waals surface area (Å²) in [5.41, 5.74) is -0.476. The van der Waals surface area contributed by atoms with Gasteiger partial charge in [0.2, 0.25) is 6.79 Å². The average Bonchev–Trinajstić information content (AvgIpc) is 3.21. The van der Waals surface area contributed by atoms with Crippen LogP contribution in [0.1, 0.15) is 18.6 Å². The molecule has 0 spiro atoms. The van der Waals surface area contributed by atoms with Gasteiger partial charge in [-0.2, -0.15) is 0 Å². The van der Waals surface area contributed by atoms with Crippen molar-refractivity contribution in [3.05, 3.63) is 17.7 Å². The molecule has 0 amide bonds. The molecular formula is C16H18O8. The lowest BCUT2D eigenvalue weighted by Gasteiger charge is -2.29. The van der Waals surface area contributed by atoms with Crippen LogP contribution in [-0.4, -0.2) is 50.1 Å². The van der Waals surface area contributed by atoms with Gasteiger partial charge in [-0.1, -0.05) is 0 Å². The second kappa shape index (κ2) is 5.51. The second-order valence-corrected chi connectivity index (χ2v) is 6.02. The molecule has 3 aliphatic rings. The lowest BCUT2D eigenvalue weighted by molar-refractivity contribution is -0.198. The molecule has 130 valence electrons. The van der Waals surface area contributed by atoms with Crippen molar-refractivity contribution in [2.24, 2.45) is 5.92 Å².